The molecular weight excluding hydrogens is 438 g/mol. The van der Waals surface area contributed by atoms with Crippen LogP contribution in [-0.2, 0) is 11.3 Å². The zero-order chi connectivity index (χ0) is 23.4. The number of aromatic nitrogens is 1. The highest BCUT2D eigenvalue weighted by Gasteiger charge is 2.37. The van der Waals surface area contributed by atoms with Crippen LogP contribution in [0.2, 0.25) is 5.02 Å². The summed E-state index contributed by atoms with van der Waals surface area (Å²) in [5, 5.41) is 12.7. The molecule has 1 aliphatic rings. The number of rotatable bonds is 6. The van der Waals surface area contributed by atoms with Crippen molar-refractivity contribution in [2.75, 3.05) is 18.4 Å². The summed E-state index contributed by atoms with van der Waals surface area (Å²) in [5.74, 6) is -0.649. The summed E-state index contributed by atoms with van der Waals surface area (Å²) >= 11 is 6.55. The third-order valence-electron chi connectivity index (χ3n) is 6.09. The van der Waals surface area contributed by atoms with Crippen molar-refractivity contribution in [2.24, 2.45) is 5.41 Å². The first-order valence-corrected chi connectivity index (χ1v) is 11.3. The van der Waals surface area contributed by atoms with E-state index in [1.165, 1.54) is 0 Å². The SMILES string of the molecule is C[C@@]1(C(=O)O)CCCN(Cc2ccc(NC(=O)c3cccc(-c4ccccc4)c3Cl)nc2)C1. The Balaban J connectivity index is 1.42. The van der Waals surface area contributed by atoms with Gasteiger partial charge >= 0.3 is 5.97 Å². The lowest BCUT2D eigenvalue weighted by Gasteiger charge is -2.37. The average Bonchev–Trinajstić information content (AvgIpc) is 2.81. The molecule has 0 bridgehead atoms. The maximum Gasteiger partial charge on any atom is 0.310 e. The van der Waals surface area contributed by atoms with E-state index in [-0.39, 0.29) is 5.91 Å². The Morgan fingerprint density at radius 1 is 1.12 bits per heavy atom. The minimum atomic E-state index is -0.752. The molecule has 0 unspecified atom stereocenters. The van der Waals surface area contributed by atoms with Gasteiger partial charge in [-0.1, -0.05) is 60.1 Å². The highest BCUT2D eigenvalue weighted by molar-refractivity contribution is 6.37. The number of carboxylic acids is 1. The van der Waals surface area contributed by atoms with Crippen molar-refractivity contribution in [3.63, 3.8) is 0 Å². The summed E-state index contributed by atoms with van der Waals surface area (Å²) in [4.78, 5) is 30.9. The van der Waals surface area contributed by atoms with E-state index in [4.69, 9.17) is 11.6 Å². The lowest BCUT2D eigenvalue weighted by atomic mass is 9.82. The van der Waals surface area contributed by atoms with Crippen LogP contribution in [0.3, 0.4) is 0 Å². The second-order valence-electron chi connectivity index (χ2n) is 8.72. The zero-order valence-electron chi connectivity index (χ0n) is 18.4. The first-order chi connectivity index (χ1) is 15.9. The van der Waals surface area contributed by atoms with Crippen molar-refractivity contribution >= 4 is 29.3 Å². The quantitative estimate of drug-likeness (QED) is 0.515. The Morgan fingerprint density at radius 3 is 2.61 bits per heavy atom. The number of pyridine rings is 1. The summed E-state index contributed by atoms with van der Waals surface area (Å²) in [7, 11) is 0. The number of hydrogen-bond acceptors (Lipinski definition) is 4. The Hall–Kier alpha value is -3.22. The van der Waals surface area contributed by atoms with Crippen molar-refractivity contribution < 1.29 is 14.7 Å². The molecule has 6 nitrogen and oxygen atoms in total. The van der Waals surface area contributed by atoms with Crippen molar-refractivity contribution in [3.05, 3.63) is 83.0 Å². The minimum Gasteiger partial charge on any atom is -0.481 e. The molecule has 1 saturated heterocycles. The molecule has 4 rings (SSSR count). The maximum absolute atomic E-state index is 12.9. The smallest absolute Gasteiger partial charge is 0.310 e. The summed E-state index contributed by atoms with van der Waals surface area (Å²) in [5.41, 5.74) is 2.36. The van der Waals surface area contributed by atoms with Gasteiger partial charge in [-0.25, -0.2) is 4.98 Å². The molecule has 2 aromatic carbocycles. The van der Waals surface area contributed by atoms with Gasteiger partial charge in [0.2, 0.25) is 0 Å². The molecular formula is C26H26ClN3O3. The number of aliphatic carboxylic acids is 1. The summed E-state index contributed by atoms with van der Waals surface area (Å²) < 4.78 is 0. The van der Waals surface area contributed by atoms with Crippen LogP contribution in [0.5, 0.6) is 0 Å². The van der Waals surface area contributed by atoms with E-state index in [1.54, 1.807) is 25.3 Å². The van der Waals surface area contributed by atoms with Crippen molar-refractivity contribution in [2.45, 2.75) is 26.3 Å². The molecule has 0 radical (unpaired) electrons. The van der Waals surface area contributed by atoms with Crippen molar-refractivity contribution in [1.29, 1.82) is 0 Å². The van der Waals surface area contributed by atoms with E-state index >= 15 is 0 Å². The Kier molecular flexibility index (Phi) is 6.77. The number of likely N-dealkylation sites (tertiary alicyclic amines) is 1. The molecule has 33 heavy (non-hydrogen) atoms. The molecule has 170 valence electrons. The summed E-state index contributed by atoms with van der Waals surface area (Å²) in [6.45, 7) is 3.79. The largest absolute Gasteiger partial charge is 0.481 e. The average molecular weight is 464 g/mol. The summed E-state index contributed by atoms with van der Waals surface area (Å²) in [6.07, 6.45) is 3.26. The van der Waals surface area contributed by atoms with E-state index < -0.39 is 11.4 Å². The highest BCUT2D eigenvalue weighted by Crippen LogP contribution is 2.32. The molecule has 0 aliphatic carbocycles. The number of benzene rings is 2. The lowest BCUT2D eigenvalue weighted by molar-refractivity contribution is -0.151. The predicted molar refractivity (Wildman–Crippen MR) is 129 cm³/mol. The molecule has 0 spiro atoms. The normalized spacial score (nSPS) is 18.6. The molecule has 0 saturated carbocycles. The number of carbonyl (C=O) groups is 2. The van der Waals surface area contributed by atoms with E-state index in [2.05, 4.69) is 15.2 Å². The van der Waals surface area contributed by atoms with Gasteiger partial charge in [-0.15, -0.1) is 0 Å². The van der Waals surface area contributed by atoms with Gasteiger partial charge in [-0.3, -0.25) is 14.5 Å². The van der Waals surface area contributed by atoms with Crippen LogP contribution in [-0.4, -0.2) is 40.0 Å². The molecule has 2 heterocycles. The van der Waals surface area contributed by atoms with Crippen molar-refractivity contribution in [3.8, 4) is 11.1 Å². The lowest BCUT2D eigenvalue weighted by Crippen LogP contribution is -2.45. The van der Waals surface area contributed by atoms with E-state index in [0.29, 0.717) is 35.9 Å². The molecule has 1 atom stereocenters. The van der Waals surface area contributed by atoms with Crippen LogP contribution in [0.15, 0.2) is 66.9 Å². The number of piperidine rings is 1. The Morgan fingerprint density at radius 2 is 1.91 bits per heavy atom. The third kappa shape index (κ3) is 5.24. The van der Waals surface area contributed by atoms with E-state index in [9.17, 15) is 14.7 Å². The van der Waals surface area contributed by atoms with Crippen LogP contribution in [0.25, 0.3) is 11.1 Å². The van der Waals surface area contributed by atoms with Gasteiger partial charge in [0.05, 0.1) is 16.0 Å². The van der Waals surface area contributed by atoms with Crippen LogP contribution in [0.4, 0.5) is 5.82 Å². The number of carboxylic acid groups (broad SMARTS) is 1. The van der Waals surface area contributed by atoms with Crippen LogP contribution in [0.1, 0.15) is 35.7 Å². The van der Waals surface area contributed by atoms with E-state index in [0.717, 1.165) is 29.7 Å². The maximum atomic E-state index is 12.9. The highest BCUT2D eigenvalue weighted by atomic mass is 35.5. The van der Waals surface area contributed by atoms with E-state index in [1.807, 2.05) is 48.5 Å². The van der Waals surface area contributed by atoms with Gasteiger partial charge < -0.3 is 10.4 Å². The van der Waals surface area contributed by atoms with Gasteiger partial charge in [0.15, 0.2) is 0 Å². The molecule has 1 fully saturated rings. The number of carbonyl (C=O) groups excluding carboxylic acids is 1. The van der Waals surface area contributed by atoms with Gasteiger partial charge in [0, 0.05) is 24.8 Å². The Labute approximate surface area is 198 Å². The third-order valence-corrected chi connectivity index (χ3v) is 6.50. The number of hydrogen-bond donors (Lipinski definition) is 2. The number of nitrogens with one attached hydrogen (secondary N) is 1. The summed E-state index contributed by atoms with van der Waals surface area (Å²) in [6, 6.07) is 18.7. The topological polar surface area (TPSA) is 82.5 Å². The van der Waals surface area contributed by atoms with Crippen molar-refractivity contribution in [1.82, 2.24) is 9.88 Å². The monoisotopic (exact) mass is 463 g/mol. The van der Waals surface area contributed by atoms with Gasteiger partial charge in [0.1, 0.15) is 5.82 Å². The number of amides is 1. The minimum absolute atomic E-state index is 0.328. The van der Waals surface area contributed by atoms with Crippen LogP contribution in [0, 0.1) is 5.41 Å². The van der Waals surface area contributed by atoms with Gasteiger partial charge in [-0.2, -0.15) is 0 Å². The molecule has 1 aliphatic heterocycles. The second-order valence-corrected chi connectivity index (χ2v) is 9.10. The molecule has 1 amide bonds. The molecule has 2 N–H and O–H groups in total. The predicted octanol–water partition coefficient (Wildman–Crippen LogP) is 5.34. The fourth-order valence-electron chi connectivity index (χ4n) is 4.24. The fourth-order valence-corrected chi connectivity index (χ4v) is 4.56. The first-order valence-electron chi connectivity index (χ1n) is 10.9. The van der Waals surface area contributed by atoms with Gasteiger partial charge in [0.25, 0.3) is 5.91 Å². The Bertz CT molecular complexity index is 1150. The second kappa shape index (κ2) is 9.73. The van der Waals surface area contributed by atoms with Crippen LogP contribution < -0.4 is 5.32 Å². The number of halogens is 1. The van der Waals surface area contributed by atoms with Crippen LogP contribution >= 0.6 is 11.6 Å². The zero-order valence-corrected chi connectivity index (χ0v) is 19.2. The fraction of sp³-hybridized carbons (Fsp3) is 0.269. The molecule has 7 heteroatoms. The first kappa shape index (κ1) is 23.0. The van der Waals surface area contributed by atoms with Gasteiger partial charge in [-0.05, 0) is 49.6 Å². The standard InChI is InChI=1S/C26H26ClN3O3/c1-26(25(32)33)13-6-14-30(17-26)16-18-11-12-22(28-15-18)29-24(31)21-10-5-9-20(23(21)27)19-7-3-2-4-8-19/h2-5,7-12,15H,6,13-14,16-17H2,1H3,(H,32,33)(H,28,29,31)/t26-/m1/s1. The molecule has 1 aromatic heterocycles. The number of nitrogens with zero attached hydrogens (tertiary/aromatic N) is 2. The molecule has 3 aromatic rings. The number of anilines is 1.